The van der Waals surface area contributed by atoms with Gasteiger partial charge in [-0.3, -0.25) is 0 Å². The van der Waals surface area contributed by atoms with Crippen LogP contribution in [0.4, 0.5) is 10.5 Å². The van der Waals surface area contributed by atoms with Crippen LogP contribution in [0.2, 0.25) is 0 Å². The predicted octanol–water partition coefficient (Wildman–Crippen LogP) is 3.26. The number of fused-ring (bicyclic) bond motifs is 2. The number of H-pyrrole nitrogens is 1. The number of aromatic nitrogens is 1. The highest BCUT2D eigenvalue weighted by molar-refractivity contribution is 5.89. The van der Waals surface area contributed by atoms with Gasteiger partial charge in [0.25, 0.3) is 0 Å². The van der Waals surface area contributed by atoms with Gasteiger partial charge >= 0.3 is 6.03 Å². The zero-order valence-corrected chi connectivity index (χ0v) is 13.0. The molecule has 3 N–H and O–H groups in total. The third-order valence-corrected chi connectivity index (χ3v) is 3.95. The summed E-state index contributed by atoms with van der Waals surface area (Å²) in [5.74, 6) is 1.34. The summed E-state index contributed by atoms with van der Waals surface area (Å²) in [7, 11) is 0. The van der Waals surface area contributed by atoms with Gasteiger partial charge in [-0.2, -0.15) is 0 Å². The fourth-order valence-electron chi connectivity index (χ4n) is 2.72. The Bertz CT molecular complexity index is 888. The molecule has 1 aromatic heterocycles. The molecule has 0 fully saturated rings. The number of hydrogen-bond acceptors (Lipinski definition) is 3. The SMILES string of the molecule is O=C(NCCc1ccc2cc[nH]c2c1)Nc1ccc2c(c1)OCO2. The first kappa shape index (κ1) is 14.4. The number of carbonyl (C=O) groups excluding carboxylic acids is 1. The standard InChI is InChI=1S/C18H17N3O3/c22-18(21-14-3-4-16-17(10-14)24-11-23-16)20-7-5-12-1-2-13-6-8-19-15(13)9-12/h1-4,6,8-10,19H,5,7,11H2,(H2,20,21,22). The van der Waals surface area contributed by atoms with Crippen LogP contribution in [-0.4, -0.2) is 24.4 Å². The van der Waals surface area contributed by atoms with E-state index in [1.165, 1.54) is 10.9 Å². The Kier molecular flexibility index (Phi) is 3.70. The van der Waals surface area contributed by atoms with Crippen LogP contribution in [0.15, 0.2) is 48.7 Å². The molecule has 2 heterocycles. The van der Waals surface area contributed by atoms with E-state index in [2.05, 4.69) is 33.8 Å². The van der Waals surface area contributed by atoms with E-state index in [1.54, 1.807) is 18.2 Å². The van der Waals surface area contributed by atoms with Crippen molar-refractivity contribution in [3.05, 3.63) is 54.2 Å². The van der Waals surface area contributed by atoms with Gasteiger partial charge in [0.15, 0.2) is 11.5 Å². The van der Waals surface area contributed by atoms with E-state index in [1.807, 2.05) is 12.3 Å². The summed E-state index contributed by atoms with van der Waals surface area (Å²) in [6.45, 7) is 0.777. The maximum absolute atomic E-state index is 12.0. The second kappa shape index (κ2) is 6.16. The zero-order chi connectivity index (χ0) is 16.4. The summed E-state index contributed by atoms with van der Waals surface area (Å²) in [6.07, 6.45) is 2.69. The van der Waals surface area contributed by atoms with Crippen molar-refractivity contribution in [2.45, 2.75) is 6.42 Å². The molecular formula is C18H17N3O3. The predicted molar refractivity (Wildman–Crippen MR) is 91.6 cm³/mol. The number of carbonyl (C=O) groups is 1. The van der Waals surface area contributed by atoms with Crippen LogP contribution in [0.5, 0.6) is 11.5 Å². The number of urea groups is 1. The van der Waals surface area contributed by atoms with Gasteiger partial charge in [-0.1, -0.05) is 12.1 Å². The molecule has 6 heteroatoms. The molecule has 24 heavy (non-hydrogen) atoms. The first-order chi connectivity index (χ1) is 11.8. The Morgan fingerprint density at radius 1 is 1.08 bits per heavy atom. The molecule has 122 valence electrons. The van der Waals surface area contributed by atoms with E-state index < -0.39 is 0 Å². The van der Waals surface area contributed by atoms with E-state index in [-0.39, 0.29) is 12.8 Å². The Hall–Kier alpha value is -3.15. The number of aromatic amines is 1. The molecular weight excluding hydrogens is 306 g/mol. The number of rotatable bonds is 4. The fourth-order valence-corrected chi connectivity index (χ4v) is 2.72. The Morgan fingerprint density at radius 3 is 2.96 bits per heavy atom. The van der Waals surface area contributed by atoms with E-state index in [9.17, 15) is 4.79 Å². The largest absolute Gasteiger partial charge is 0.454 e. The summed E-state index contributed by atoms with van der Waals surface area (Å²) < 4.78 is 10.5. The number of nitrogens with one attached hydrogen (secondary N) is 3. The summed E-state index contributed by atoms with van der Waals surface area (Å²) in [5, 5.41) is 6.84. The average molecular weight is 323 g/mol. The maximum atomic E-state index is 12.0. The lowest BCUT2D eigenvalue weighted by molar-refractivity contribution is 0.174. The van der Waals surface area contributed by atoms with Crippen LogP contribution in [0, 0.1) is 0 Å². The molecule has 4 rings (SSSR count). The zero-order valence-electron chi connectivity index (χ0n) is 13.0. The number of benzene rings is 2. The van der Waals surface area contributed by atoms with Gasteiger partial charge in [0.2, 0.25) is 6.79 Å². The monoisotopic (exact) mass is 323 g/mol. The van der Waals surface area contributed by atoms with Crippen molar-refractivity contribution >= 4 is 22.6 Å². The maximum Gasteiger partial charge on any atom is 0.319 e. The van der Waals surface area contributed by atoms with Gasteiger partial charge in [-0.05, 0) is 41.6 Å². The van der Waals surface area contributed by atoms with Gasteiger partial charge in [0.05, 0.1) is 0 Å². The van der Waals surface area contributed by atoms with Crippen LogP contribution < -0.4 is 20.1 Å². The Labute approximate surface area is 138 Å². The molecule has 6 nitrogen and oxygen atoms in total. The minimum atomic E-state index is -0.241. The highest BCUT2D eigenvalue weighted by Gasteiger charge is 2.13. The molecule has 0 spiro atoms. The fraction of sp³-hybridized carbons (Fsp3) is 0.167. The lowest BCUT2D eigenvalue weighted by Crippen LogP contribution is -2.30. The minimum absolute atomic E-state index is 0.218. The lowest BCUT2D eigenvalue weighted by Gasteiger charge is -2.08. The second-order valence-electron chi connectivity index (χ2n) is 5.60. The first-order valence-corrected chi connectivity index (χ1v) is 7.78. The summed E-state index contributed by atoms with van der Waals surface area (Å²) >= 11 is 0. The topological polar surface area (TPSA) is 75.4 Å². The van der Waals surface area contributed by atoms with Crippen molar-refractivity contribution in [2.75, 3.05) is 18.7 Å². The van der Waals surface area contributed by atoms with Crippen LogP contribution in [0.1, 0.15) is 5.56 Å². The molecule has 3 aromatic rings. The van der Waals surface area contributed by atoms with E-state index >= 15 is 0 Å². The number of anilines is 1. The van der Waals surface area contributed by atoms with Crippen LogP contribution in [0.3, 0.4) is 0 Å². The van der Waals surface area contributed by atoms with Crippen LogP contribution in [-0.2, 0) is 6.42 Å². The molecule has 0 unspecified atom stereocenters. The summed E-state index contributed by atoms with van der Waals surface area (Å²) in [4.78, 5) is 15.2. The van der Waals surface area contributed by atoms with Crippen molar-refractivity contribution in [3.8, 4) is 11.5 Å². The molecule has 1 aliphatic heterocycles. The quantitative estimate of drug-likeness (QED) is 0.690. The van der Waals surface area contributed by atoms with Gasteiger partial charge < -0.3 is 25.1 Å². The molecule has 0 radical (unpaired) electrons. The van der Waals surface area contributed by atoms with E-state index in [0.29, 0.717) is 23.7 Å². The summed E-state index contributed by atoms with van der Waals surface area (Å²) in [6, 6.07) is 13.4. The van der Waals surface area contributed by atoms with Gasteiger partial charge in [-0.15, -0.1) is 0 Å². The van der Waals surface area contributed by atoms with Crippen molar-refractivity contribution in [2.24, 2.45) is 0 Å². The summed E-state index contributed by atoms with van der Waals surface area (Å²) in [5.41, 5.74) is 2.95. The molecule has 0 saturated heterocycles. The molecule has 2 aromatic carbocycles. The van der Waals surface area contributed by atoms with Gasteiger partial charge in [0, 0.05) is 30.0 Å². The molecule has 1 aliphatic rings. The van der Waals surface area contributed by atoms with Crippen LogP contribution in [0.25, 0.3) is 10.9 Å². The molecule has 0 aliphatic carbocycles. The Balaban J connectivity index is 1.30. The highest BCUT2D eigenvalue weighted by atomic mass is 16.7. The van der Waals surface area contributed by atoms with Crippen molar-refractivity contribution < 1.29 is 14.3 Å². The second-order valence-corrected chi connectivity index (χ2v) is 5.60. The third kappa shape index (κ3) is 2.99. The third-order valence-electron chi connectivity index (χ3n) is 3.95. The highest BCUT2D eigenvalue weighted by Crippen LogP contribution is 2.34. The van der Waals surface area contributed by atoms with Gasteiger partial charge in [-0.25, -0.2) is 4.79 Å². The first-order valence-electron chi connectivity index (χ1n) is 7.78. The number of ether oxygens (including phenoxy) is 2. The molecule has 0 bridgehead atoms. The van der Waals surface area contributed by atoms with Crippen molar-refractivity contribution in [1.29, 1.82) is 0 Å². The number of hydrogen-bond donors (Lipinski definition) is 3. The molecule has 0 saturated carbocycles. The van der Waals surface area contributed by atoms with Crippen molar-refractivity contribution in [3.63, 3.8) is 0 Å². The smallest absolute Gasteiger partial charge is 0.319 e. The van der Waals surface area contributed by atoms with Crippen LogP contribution >= 0.6 is 0 Å². The van der Waals surface area contributed by atoms with Crippen molar-refractivity contribution in [1.82, 2.24) is 10.3 Å². The van der Waals surface area contributed by atoms with Gasteiger partial charge in [0.1, 0.15) is 0 Å². The minimum Gasteiger partial charge on any atom is -0.454 e. The molecule has 0 atom stereocenters. The lowest BCUT2D eigenvalue weighted by atomic mass is 10.1. The normalized spacial score (nSPS) is 12.3. The van der Waals surface area contributed by atoms with E-state index in [4.69, 9.17) is 9.47 Å². The average Bonchev–Trinajstić information content (AvgIpc) is 3.22. The van der Waals surface area contributed by atoms with E-state index in [0.717, 1.165) is 11.9 Å². The molecule has 2 amide bonds. The number of amides is 2. The Morgan fingerprint density at radius 2 is 2.00 bits per heavy atom.